The monoisotopic (exact) mass is 382 g/mol. The molecule has 0 amide bonds. The van der Waals surface area contributed by atoms with Crippen LogP contribution < -0.4 is 0 Å². The Kier molecular flexibility index (Phi) is 27.3. The summed E-state index contributed by atoms with van der Waals surface area (Å²) in [6.45, 7) is 7.91. The van der Waals surface area contributed by atoms with E-state index >= 15 is 0 Å². The third-order valence-corrected chi connectivity index (χ3v) is 2.95. The fraction of sp³-hybridized carbons (Fsp3) is 0.929. The second-order valence-electron chi connectivity index (χ2n) is 4.08. The van der Waals surface area contributed by atoms with E-state index in [1.165, 1.54) is 32.1 Å². The van der Waals surface area contributed by atoms with Gasteiger partial charge in [0.25, 0.3) is 0 Å². The molecule has 106 valence electrons. The predicted molar refractivity (Wildman–Crippen MR) is 77.5 cm³/mol. The zero-order valence-electron chi connectivity index (χ0n) is 13.0. The third kappa shape index (κ3) is 17.1. The third-order valence-electron chi connectivity index (χ3n) is 2.95. The molecule has 0 radical (unpaired) electrons. The molecular formula is C14H31LaN2O. The largest absolute Gasteiger partial charge is 3.00 e. The van der Waals surface area contributed by atoms with E-state index in [0.717, 1.165) is 12.5 Å². The molecule has 1 aliphatic carbocycles. The summed E-state index contributed by atoms with van der Waals surface area (Å²) >= 11 is 0. The van der Waals surface area contributed by atoms with Crippen LogP contribution in [0.4, 0.5) is 0 Å². The van der Waals surface area contributed by atoms with Crippen molar-refractivity contribution in [2.45, 2.75) is 52.1 Å². The van der Waals surface area contributed by atoms with Gasteiger partial charge < -0.3 is 22.3 Å². The van der Waals surface area contributed by atoms with Crippen LogP contribution in [0.5, 0.6) is 0 Å². The number of ether oxygens (including phenoxy) is 1. The van der Waals surface area contributed by atoms with Crippen LogP contribution in [-0.2, 0) is 4.74 Å². The van der Waals surface area contributed by atoms with Crippen molar-refractivity contribution < 1.29 is 40.3 Å². The molecule has 0 atom stereocenters. The molecule has 1 aliphatic rings. The van der Waals surface area contributed by atoms with Crippen LogP contribution >= 0.6 is 0 Å². The number of hydrogen-bond acceptors (Lipinski definition) is 1. The maximum absolute atomic E-state index is 5.00. The number of hydrogen-bond donors (Lipinski definition) is 0. The topological polar surface area (TPSA) is 37.4 Å². The van der Waals surface area contributed by atoms with Gasteiger partial charge in [-0.15, -0.1) is 6.92 Å². The maximum atomic E-state index is 5.00. The molecular weight excluding hydrogens is 351 g/mol. The molecule has 0 N–H and O–H groups in total. The first kappa shape index (κ1) is 24.1. The molecule has 4 heteroatoms. The zero-order valence-corrected chi connectivity index (χ0v) is 16.6. The van der Waals surface area contributed by atoms with Gasteiger partial charge in [-0.25, -0.2) is 6.17 Å². The summed E-state index contributed by atoms with van der Waals surface area (Å²) in [5, 5.41) is 7.68. The Morgan fingerprint density at radius 1 is 1.17 bits per heavy atom. The minimum absolute atomic E-state index is 0. The van der Waals surface area contributed by atoms with Gasteiger partial charge >= 0.3 is 35.6 Å². The molecule has 3 nitrogen and oxygen atoms in total. The van der Waals surface area contributed by atoms with Gasteiger partial charge in [0.2, 0.25) is 0 Å². The van der Waals surface area contributed by atoms with Crippen LogP contribution in [-0.4, -0.2) is 34.0 Å². The van der Waals surface area contributed by atoms with Gasteiger partial charge in [0.05, 0.1) is 0 Å². The zero-order chi connectivity index (χ0) is 13.5. The minimum atomic E-state index is 0. The van der Waals surface area contributed by atoms with Crippen LogP contribution in [0.2, 0.25) is 0 Å². The first-order chi connectivity index (χ1) is 8.24. The van der Waals surface area contributed by atoms with E-state index in [1.54, 1.807) is 28.1 Å². The van der Waals surface area contributed by atoms with Crippen LogP contribution in [0.1, 0.15) is 46.0 Å². The van der Waals surface area contributed by atoms with E-state index in [1.807, 2.05) is 6.92 Å². The molecule has 0 spiro atoms. The summed E-state index contributed by atoms with van der Waals surface area (Å²) in [5.41, 5.74) is 0. The van der Waals surface area contributed by atoms with Gasteiger partial charge in [0, 0.05) is 13.7 Å². The average molecular weight is 382 g/mol. The fourth-order valence-electron chi connectivity index (χ4n) is 1.70. The second-order valence-corrected chi connectivity index (χ2v) is 4.08. The van der Waals surface area contributed by atoms with Gasteiger partial charge in [-0.3, -0.25) is 0 Å². The first-order valence-electron chi connectivity index (χ1n) is 6.62. The average Bonchev–Trinajstić information content (AvgIpc) is 2.91. The standard InChI is InChI=1S/C8H16O.C4H10N2.C2H5.La/c1-9-7-6-8-4-2-3-5-8;1-4(5-2)6-3;1-2;/h8H,2-7H2,1H3;4H,1-3H3;1H2,2H3;/q;-2;-1;+3. The van der Waals surface area contributed by atoms with Crippen molar-refractivity contribution in [1.29, 1.82) is 0 Å². The molecule has 1 fully saturated rings. The molecule has 0 aromatic heterocycles. The molecule has 0 unspecified atom stereocenters. The Hall–Kier alpha value is 1.07. The Morgan fingerprint density at radius 3 is 1.89 bits per heavy atom. The van der Waals surface area contributed by atoms with Crippen molar-refractivity contribution in [2.75, 3.05) is 27.8 Å². The van der Waals surface area contributed by atoms with Crippen molar-refractivity contribution in [3.05, 3.63) is 17.6 Å². The molecule has 1 saturated carbocycles. The van der Waals surface area contributed by atoms with Crippen LogP contribution in [0, 0.1) is 48.4 Å². The number of rotatable bonds is 5. The van der Waals surface area contributed by atoms with Crippen molar-refractivity contribution in [2.24, 2.45) is 5.92 Å². The van der Waals surface area contributed by atoms with Crippen LogP contribution in [0.15, 0.2) is 0 Å². The van der Waals surface area contributed by atoms with Crippen LogP contribution in [0.3, 0.4) is 0 Å². The summed E-state index contributed by atoms with van der Waals surface area (Å²) in [6, 6.07) is 0. The maximum Gasteiger partial charge on any atom is 3.00 e. The van der Waals surface area contributed by atoms with Crippen molar-refractivity contribution in [1.82, 2.24) is 0 Å². The minimum Gasteiger partial charge on any atom is -0.681 e. The Balaban J connectivity index is -0.000000222. The number of nitrogens with zero attached hydrogens (tertiary/aromatic N) is 2. The van der Waals surface area contributed by atoms with Gasteiger partial charge in [0.15, 0.2) is 0 Å². The number of methoxy groups -OCH3 is 1. The summed E-state index contributed by atoms with van der Waals surface area (Å²) in [5.74, 6) is 0.991. The molecule has 18 heavy (non-hydrogen) atoms. The van der Waals surface area contributed by atoms with Crippen LogP contribution in [0.25, 0.3) is 10.6 Å². The first-order valence-corrected chi connectivity index (χ1v) is 6.62. The Bertz CT molecular complexity index is 127. The van der Waals surface area contributed by atoms with E-state index in [-0.39, 0.29) is 41.8 Å². The summed E-state index contributed by atoms with van der Waals surface area (Å²) in [6.07, 6.45) is 7.27. The van der Waals surface area contributed by atoms with Gasteiger partial charge in [-0.2, -0.15) is 21.0 Å². The second kappa shape index (κ2) is 20.4. The smallest absolute Gasteiger partial charge is 0.681 e. The van der Waals surface area contributed by atoms with E-state index in [9.17, 15) is 0 Å². The summed E-state index contributed by atoms with van der Waals surface area (Å²) in [4.78, 5) is 0. The van der Waals surface area contributed by atoms with E-state index in [4.69, 9.17) is 4.74 Å². The van der Waals surface area contributed by atoms with Crippen molar-refractivity contribution >= 4 is 0 Å². The van der Waals surface area contributed by atoms with E-state index < -0.39 is 0 Å². The Morgan fingerprint density at radius 2 is 1.61 bits per heavy atom. The summed E-state index contributed by atoms with van der Waals surface area (Å²) < 4.78 is 5.00. The molecule has 0 aromatic rings. The molecule has 0 aliphatic heterocycles. The van der Waals surface area contributed by atoms with Gasteiger partial charge in [-0.1, -0.05) is 25.7 Å². The normalized spacial score (nSPS) is 14.2. The summed E-state index contributed by atoms with van der Waals surface area (Å²) in [7, 11) is 5.31. The quantitative estimate of drug-likeness (QED) is 0.650. The van der Waals surface area contributed by atoms with E-state index in [2.05, 4.69) is 17.6 Å². The molecule has 0 heterocycles. The molecule has 0 aromatic carbocycles. The van der Waals surface area contributed by atoms with Gasteiger partial charge in [0.1, 0.15) is 0 Å². The fourth-order valence-corrected chi connectivity index (χ4v) is 1.70. The van der Waals surface area contributed by atoms with E-state index in [0.29, 0.717) is 0 Å². The Labute approximate surface area is 143 Å². The van der Waals surface area contributed by atoms with Crippen molar-refractivity contribution in [3.8, 4) is 0 Å². The molecule has 0 saturated heterocycles. The SMILES string of the molecule is COCCC1CCCC1.C[N-]C(C)[N-]C.[CH2-]C.[La+3]. The molecule has 1 rings (SSSR count). The van der Waals surface area contributed by atoms with Crippen molar-refractivity contribution in [3.63, 3.8) is 0 Å². The van der Waals surface area contributed by atoms with Gasteiger partial charge in [-0.05, 0) is 12.3 Å². The predicted octanol–water partition coefficient (Wildman–Crippen LogP) is 4.39. The molecule has 0 bridgehead atoms.